The van der Waals surface area contributed by atoms with Crippen LogP contribution in [0.3, 0.4) is 0 Å². The van der Waals surface area contributed by atoms with Crippen LogP contribution in [0, 0.1) is 6.92 Å². The van der Waals surface area contributed by atoms with Crippen LogP contribution in [0.15, 0.2) is 48.8 Å². The second kappa shape index (κ2) is 7.35. The molecule has 0 fully saturated rings. The number of alkyl halides is 3. The molecule has 3 rings (SSSR count). The van der Waals surface area contributed by atoms with Gasteiger partial charge in [0.1, 0.15) is 0 Å². The Kier molecular flexibility index (Phi) is 5.21. The van der Waals surface area contributed by atoms with E-state index in [1.807, 2.05) is 24.3 Å². The SMILES string of the molecule is Cc1c(C(=O)Nc2ccc(C(C)(C)C)cc2)cnn1-c1ccc(C(F)(F)F)cn1. The fourth-order valence-electron chi connectivity index (χ4n) is 2.79. The number of pyridine rings is 1. The van der Waals surface area contributed by atoms with E-state index in [1.165, 1.54) is 16.9 Å². The number of halogens is 3. The van der Waals surface area contributed by atoms with E-state index in [2.05, 4.69) is 36.2 Å². The number of nitrogens with zero attached hydrogens (tertiary/aromatic N) is 3. The lowest BCUT2D eigenvalue weighted by molar-refractivity contribution is -0.137. The zero-order chi connectivity index (χ0) is 21.4. The Morgan fingerprint density at radius 1 is 0.966 bits per heavy atom. The number of aromatic nitrogens is 3. The van der Waals surface area contributed by atoms with Gasteiger partial charge < -0.3 is 5.32 Å². The molecule has 29 heavy (non-hydrogen) atoms. The maximum Gasteiger partial charge on any atom is 0.417 e. The molecule has 0 radical (unpaired) electrons. The number of anilines is 1. The van der Waals surface area contributed by atoms with E-state index < -0.39 is 11.7 Å². The van der Waals surface area contributed by atoms with E-state index in [4.69, 9.17) is 0 Å². The molecule has 8 heteroatoms. The molecule has 0 aliphatic heterocycles. The number of hydrogen-bond acceptors (Lipinski definition) is 3. The van der Waals surface area contributed by atoms with Gasteiger partial charge in [0.2, 0.25) is 0 Å². The van der Waals surface area contributed by atoms with E-state index in [0.717, 1.165) is 17.8 Å². The summed E-state index contributed by atoms with van der Waals surface area (Å²) in [5.41, 5.74) is 1.74. The quantitative estimate of drug-likeness (QED) is 0.660. The summed E-state index contributed by atoms with van der Waals surface area (Å²) in [4.78, 5) is 16.4. The molecule has 152 valence electrons. The summed E-state index contributed by atoms with van der Waals surface area (Å²) >= 11 is 0. The van der Waals surface area contributed by atoms with Crippen molar-refractivity contribution < 1.29 is 18.0 Å². The van der Waals surface area contributed by atoms with Crippen LogP contribution in [0.2, 0.25) is 0 Å². The maximum atomic E-state index is 12.7. The normalized spacial score (nSPS) is 12.1. The van der Waals surface area contributed by atoms with Crippen molar-refractivity contribution in [1.82, 2.24) is 14.8 Å². The summed E-state index contributed by atoms with van der Waals surface area (Å²) in [6.45, 7) is 7.97. The zero-order valence-electron chi connectivity index (χ0n) is 16.5. The van der Waals surface area contributed by atoms with Crippen LogP contribution >= 0.6 is 0 Å². The predicted molar refractivity (Wildman–Crippen MR) is 104 cm³/mol. The standard InChI is InChI=1S/C21H21F3N4O/c1-13-17(19(29)27-16-8-5-14(6-9-16)20(2,3)4)12-26-28(13)18-10-7-15(11-25-18)21(22,23)24/h5-12H,1-4H3,(H,27,29). The first-order valence-corrected chi connectivity index (χ1v) is 8.97. The molecule has 1 aromatic carbocycles. The van der Waals surface area contributed by atoms with Gasteiger partial charge in [-0.1, -0.05) is 32.9 Å². The number of nitrogens with one attached hydrogen (secondary N) is 1. The molecule has 5 nitrogen and oxygen atoms in total. The summed E-state index contributed by atoms with van der Waals surface area (Å²) in [6, 6.07) is 9.72. The molecule has 0 aliphatic rings. The molecule has 3 aromatic rings. The maximum absolute atomic E-state index is 12.7. The largest absolute Gasteiger partial charge is 0.417 e. The van der Waals surface area contributed by atoms with Gasteiger partial charge in [0.15, 0.2) is 5.82 Å². The Morgan fingerprint density at radius 2 is 1.59 bits per heavy atom. The Balaban J connectivity index is 1.79. The van der Waals surface area contributed by atoms with E-state index in [0.29, 0.717) is 16.9 Å². The summed E-state index contributed by atoms with van der Waals surface area (Å²) in [5, 5.41) is 6.91. The molecule has 0 unspecified atom stereocenters. The van der Waals surface area contributed by atoms with E-state index >= 15 is 0 Å². The van der Waals surface area contributed by atoms with Gasteiger partial charge in [-0.2, -0.15) is 18.3 Å². The van der Waals surface area contributed by atoms with Gasteiger partial charge in [0.05, 0.1) is 23.0 Å². The van der Waals surface area contributed by atoms with Crippen LogP contribution in [0.1, 0.15) is 48.0 Å². The number of carbonyl (C=O) groups excluding carboxylic acids is 1. The Hall–Kier alpha value is -3.16. The first-order valence-electron chi connectivity index (χ1n) is 8.97. The fraction of sp³-hybridized carbons (Fsp3) is 0.286. The number of amides is 1. The van der Waals surface area contributed by atoms with Gasteiger partial charge in [-0.3, -0.25) is 4.79 Å². The van der Waals surface area contributed by atoms with Gasteiger partial charge in [-0.05, 0) is 42.2 Å². The Labute approximate surface area is 166 Å². The average Bonchev–Trinajstić information content (AvgIpc) is 3.02. The molecule has 0 saturated heterocycles. The second-order valence-corrected chi connectivity index (χ2v) is 7.74. The highest BCUT2D eigenvalue weighted by atomic mass is 19.4. The molecule has 2 aromatic heterocycles. The first-order chi connectivity index (χ1) is 13.5. The van der Waals surface area contributed by atoms with Crippen molar-refractivity contribution in [2.75, 3.05) is 5.32 Å². The third-order valence-corrected chi connectivity index (χ3v) is 4.56. The zero-order valence-corrected chi connectivity index (χ0v) is 16.5. The Bertz CT molecular complexity index is 1010. The van der Waals surface area contributed by atoms with Crippen molar-refractivity contribution in [3.63, 3.8) is 0 Å². The minimum absolute atomic E-state index is 0.00886. The van der Waals surface area contributed by atoms with Crippen molar-refractivity contribution in [3.8, 4) is 5.82 Å². The lowest BCUT2D eigenvalue weighted by Crippen LogP contribution is -2.14. The van der Waals surface area contributed by atoms with Gasteiger partial charge in [-0.25, -0.2) is 9.67 Å². The van der Waals surface area contributed by atoms with Crippen LogP contribution in [0.5, 0.6) is 0 Å². The lowest BCUT2D eigenvalue weighted by atomic mass is 9.87. The topological polar surface area (TPSA) is 59.8 Å². The van der Waals surface area contributed by atoms with Crippen molar-refractivity contribution in [1.29, 1.82) is 0 Å². The van der Waals surface area contributed by atoms with Crippen LogP contribution in [0.25, 0.3) is 5.82 Å². The summed E-state index contributed by atoms with van der Waals surface area (Å²) < 4.78 is 39.4. The highest BCUT2D eigenvalue weighted by molar-refractivity contribution is 6.04. The average molecular weight is 402 g/mol. The van der Waals surface area contributed by atoms with Gasteiger partial charge in [-0.15, -0.1) is 0 Å². The number of hydrogen-bond donors (Lipinski definition) is 1. The van der Waals surface area contributed by atoms with Crippen molar-refractivity contribution in [2.45, 2.75) is 39.3 Å². The molecule has 1 amide bonds. The molecule has 0 atom stereocenters. The molecule has 0 spiro atoms. The van der Waals surface area contributed by atoms with Gasteiger partial charge in [0, 0.05) is 11.9 Å². The third-order valence-electron chi connectivity index (χ3n) is 4.56. The number of benzene rings is 1. The van der Waals surface area contributed by atoms with Crippen molar-refractivity contribution >= 4 is 11.6 Å². The Morgan fingerprint density at radius 3 is 2.10 bits per heavy atom. The number of carbonyl (C=O) groups is 1. The third kappa shape index (κ3) is 4.47. The molecular weight excluding hydrogens is 381 g/mol. The minimum Gasteiger partial charge on any atom is -0.322 e. The first kappa shape index (κ1) is 20.6. The minimum atomic E-state index is -4.46. The number of rotatable bonds is 3. The van der Waals surface area contributed by atoms with E-state index in [1.54, 1.807) is 6.92 Å². The van der Waals surface area contributed by atoms with Gasteiger partial charge in [0.25, 0.3) is 5.91 Å². The molecule has 0 bridgehead atoms. The monoisotopic (exact) mass is 402 g/mol. The van der Waals surface area contributed by atoms with Gasteiger partial charge >= 0.3 is 6.18 Å². The lowest BCUT2D eigenvalue weighted by Gasteiger charge is -2.19. The van der Waals surface area contributed by atoms with Crippen LogP contribution in [-0.4, -0.2) is 20.7 Å². The fourth-order valence-corrected chi connectivity index (χ4v) is 2.79. The summed E-state index contributed by atoms with van der Waals surface area (Å²) in [6.07, 6.45) is -2.35. The smallest absolute Gasteiger partial charge is 0.322 e. The van der Waals surface area contributed by atoms with Crippen LogP contribution in [0.4, 0.5) is 18.9 Å². The highest BCUT2D eigenvalue weighted by Crippen LogP contribution is 2.29. The van der Waals surface area contributed by atoms with Crippen molar-refractivity contribution in [2.24, 2.45) is 0 Å². The summed E-state index contributed by atoms with van der Waals surface area (Å²) in [5.74, 6) is -0.159. The second-order valence-electron chi connectivity index (χ2n) is 7.74. The van der Waals surface area contributed by atoms with E-state index in [-0.39, 0.29) is 17.1 Å². The van der Waals surface area contributed by atoms with Crippen LogP contribution in [-0.2, 0) is 11.6 Å². The molecule has 1 N–H and O–H groups in total. The van der Waals surface area contributed by atoms with Crippen LogP contribution < -0.4 is 5.32 Å². The predicted octanol–water partition coefficient (Wildman–Crippen LogP) is 5.14. The van der Waals surface area contributed by atoms with Crippen molar-refractivity contribution in [3.05, 3.63) is 71.2 Å². The highest BCUT2D eigenvalue weighted by Gasteiger charge is 2.30. The molecule has 2 heterocycles. The summed E-state index contributed by atoms with van der Waals surface area (Å²) in [7, 11) is 0. The van der Waals surface area contributed by atoms with E-state index in [9.17, 15) is 18.0 Å². The molecule has 0 saturated carbocycles. The molecule has 0 aliphatic carbocycles. The molecular formula is C21H21F3N4O.